The fourth-order valence-electron chi connectivity index (χ4n) is 4.07. The van der Waals surface area contributed by atoms with Crippen LogP contribution in [0.25, 0.3) is 34.0 Å². The number of anilines is 1. The zero-order valence-corrected chi connectivity index (χ0v) is 15.8. The minimum absolute atomic E-state index is 0.278. The largest absolute Gasteiger partial charge is 0.385 e. The van der Waals surface area contributed by atoms with E-state index < -0.39 is 0 Å². The number of aromatic nitrogens is 6. The Morgan fingerprint density at radius 2 is 2.03 bits per heavy atom. The summed E-state index contributed by atoms with van der Waals surface area (Å²) in [5.41, 5.74) is 4.77. The van der Waals surface area contributed by atoms with E-state index >= 15 is 0 Å². The Morgan fingerprint density at radius 1 is 1.10 bits per heavy atom. The van der Waals surface area contributed by atoms with Crippen LogP contribution in [0, 0.1) is 5.82 Å². The van der Waals surface area contributed by atoms with Gasteiger partial charge in [0.15, 0.2) is 11.5 Å². The minimum atomic E-state index is -0.384. The fraction of sp³-hybridized carbons (Fsp3) is 0.143. The lowest BCUT2D eigenvalue weighted by Crippen LogP contribution is -2.20. The highest BCUT2D eigenvalue weighted by atomic mass is 19.1. The summed E-state index contributed by atoms with van der Waals surface area (Å²) in [6.45, 7) is 0.913. The van der Waals surface area contributed by atoms with Gasteiger partial charge in [0.1, 0.15) is 22.7 Å². The van der Waals surface area contributed by atoms with Gasteiger partial charge in [-0.2, -0.15) is 0 Å². The molecule has 6 rings (SSSR count). The Balaban J connectivity index is 1.60. The smallest absolute Gasteiger partial charge is 0.332 e. The van der Waals surface area contributed by atoms with Crippen LogP contribution >= 0.6 is 0 Å². The van der Waals surface area contributed by atoms with Crippen molar-refractivity contribution in [3.8, 4) is 17.2 Å². The van der Waals surface area contributed by atoms with E-state index in [2.05, 4.69) is 25.3 Å². The van der Waals surface area contributed by atoms with Crippen molar-refractivity contribution in [1.82, 2.24) is 28.9 Å². The molecule has 148 valence electrons. The predicted molar refractivity (Wildman–Crippen MR) is 110 cm³/mol. The number of pyridine rings is 1. The Morgan fingerprint density at radius 3 is 2.97 bits per heavy atom. The van der Waals surface area contributed by atoms with Crippen LogP contribution in [0.1, 0.15) is 12.0 Å². The Hall–Kier alpha value is -4.01. The molecular weight excluding hydrogens is 385 g/mol. The highest BCUT2D eigenvalue weighted by molar-refractivity contribution is 5.76. The molecular formula is C21H16FN7O. The van der Waals surface area contributed by atoms with Crippen LogP contribution in [0.4, 0.5) is 10.1 Å². The molecule has 0 amide bonds. The third kappa shape index (κ3) is 2.45. The van der Waals surface area contributed by atoms with Crippen LogP contribution in [0.3, 0.4) is 0 Å². The van der Waals surface area contributed by atoms with Gasteiger partial charge >= 0.3 is 5.69 Å². The highest BCUT2D eigenvalue weighted by Gasteiger charge is 2.19. The first kappa shape index (κ1) is 16.9. The number of halogens is 1. The minimum Gasteiger partial charge on any atom is -0.385 e. The second kappa shape index (κ2) is 6.24. The molecule has 2 N–H and O–H groups in total. The van der Waals surface area contributed by atoms with Crippen molar-refractivity contribution in [1.29, 1.82) is 0 Å². The quantitative estimate of drug-likeness (QED) is 0.474. The van der Waals surface area contributed by atoms with Crippen molar-refractivity contribution in [2.75, 3.05) is 11.9 Å². The summed E-state index contributed by atoms with van der Waals surface area (Å²) >= 11 is 0. The highest BCUT2D eigenvalue weighted by Crippen LogP contribution is 2.29. The number of benzene rings is 1. The van der Waals surface area contributed by atoms with Gasteiger partial charge in [-0.05, 0) is 42.7 Å². The van der Waals surface area contributed by atoms with Gasteiger partial charge in [-0.1, -0.05) is 6.07 Å². The number of fused-ring (bicyclic) bond motifs is 3. The second-order valence-corrected chi connectivity index (χ2v) is 7.25. The molecule has 0 radical (unpaired) electrons. The van der Waals surface area contributed by atoms with E-state index in [-0.39, 0.29) is 11.5 Å². The lowest BCUT2D eigenvalue weighted by atomic mass is 10.0. The monoisotopic (exact) mass is 401 g/mol. The van der Waals surface area contributed by atoms with E-state index in [1.165, 1.54) is 12.3 Å². The van der Waals surface area contributed by atoms with E-state index in [1.807, 2.05) is 18.2 Å². The van der Waals surface area contributed by atoms with Crippen molar-refractivity contribution in [3.63, 3.8) is 0 Å². The molecule has 1 aliphatic rings. The average molecular weight is 401 g/mol. The number of H-pyrrole nitrogens is 1. The van der Waals surface area contributed by atoms with Crippen LogP contribution in [-0.4, -0.2) is 35.4 Å². The maximum Gasteiger partial charge on any atom is 0.332 e. The fourth-order valence-corrected chi connectivity index (χ4v) is 4.07. The lowest BCUT2D eigenvalue weighted by Gasteiger charge is -2.21. The molecule has 0 fully saturated rings. The Bertz CT molecular complexity index is 1500. The molecule has 1 aliphatic heterocycles. The van der Waals surface area contributed by atoms with Gasteiger partial charge in [-0.25, -0.2) is 28.7 Å². The molecule has 0 atom stereocenters. The number of nitrogens with one attached hydrogen (secondary N) is 2. The zero-order chi connectivity index (χ0) is 20.2. The molecule has 0 saturated carbocycles. The van der Waals surface area contributed by atoms with E-state index in [0.29, 0.717) is 28.3 Å². The zero-order valence-electron chi connectivity index (χ0n) is 15.8. The van der Waals surface area contributed by atoms with Gasteiger partial charge in [0.2, 0.25) is 0 Å². The number of rotatable bonds is 2. The van der Waals surface area contributed by atoms with Crippen molar-refractivity contribution in [2.24, 2.45) is 0 Å². The first-order chi connectivity index (χ1) is 14.7. The predicted octanol–water partition coefficient (Wildman–Crippen LogP) is 2.92. The number of aromatic amines is 1. The van der Waals surface area contributed by atoms with Crippen molar-refractivity contribution >= 4 is 22.5 Å². The van der Waals surface area contributed by atoms with Gasteiger partial charge in [-0.15, -0.1) is 0 Å². The molecule has 30 heavy (non-hydrogen) atoms. The third-order valence-electron chi connectivity index (χ3n) is 5.43. The summed E-state index contributed by atoms with van der Waals surface area (Å²) in [7, 11) is 0. The summed E-state index contributed by atoms with van der Waals surface area (Å²) in [5.74, 6) is -0.0268. The van der Waals surface area contributed by atoms with Crippen LogP contribution in [0.5, 0.6) is 0 Å². The molecule has 5 aromatic rings. The van der Waals surface area contributed by atoms with Gasteiger partial charge in [0.05, 0.1) is 18.1 Å². The molecule has 0 saturated heterocycles. The van der Waals surface area contributed by atoms with Crippen molar-refractivity contribution < 1.29 is 4.39 Å². The van der Waals surface area contributed by atoms with Crippen LogP contribution in [0.2, 0.25) is 0 Å². The SMILES string of the molecule is O=c1[nH]c2cnc(-c3cnc4ccc(F)cn34)nc2n1-c1cccc2c1CCCN2. The van der Waals surface area contributed by atoms with Crippen LogP contribution < -0.4 is 11.0 Å². The summed E-state index contributed by atoms with van der Waals surface area (Å²) in [6.07, 6.45) is 6.38. The average Bonchev–Trinajstić information content (AvgIpc) is 3.32. The summed E-state index contributed by atoms with van der Waals surface area (Å²) in [5, 5.41) is 3.39. The first-order valence-electron chi connectivity index (χ1n) is 9.66. The van der Waals surface area contributed by atoms with Gasteiger partial charge in [0, 0.05) is 18.4 Å². The van der Waals surface area contributed by atoms with E-state index in [1.54, 1.807) is 27.4 Å². The number of hydrogen-bond donors (Lipinski definition) is 2. The molecule has 0 unspecified atom stereocenters. The number of nitrogens with zero attached hydrogens (tertiary/aromatic N) is 5. The first-order valence-corrected chi connectivity index (χ1v) is 9.66. The Kier molecular flexibility index (Phi) is 3.52. The number of hydrogen-bond acceptors (Lipinski definition) is 5. The normalized spacial score (nSPS) is 13.5. The van der Waals surface area contributed by atoms with Gasteiger partial charge in [-0.3, -0.25) is 4.40 Å². The summed E-state index contributed by atoms with van der Waals surface area (Å²) in [6, 6.07) is 8.81. The standard InChI is InChI=1S/C21H16FN7O/c22-12-6-7-18-24-10-17(28(18)11-12)19-25-9-15-20(27-19)29(21(30)26-15)16-5-1-4-14-13(16)3-2-8-23-14/h1,4-7,9-11,23H,2-3,8H2,(H,26,30). The molecule has 0 aliphatic carbocycles. The molecule has 1 aromatic carbocycles. The third-order valence-corrected chi connectivity index (χ3v) is 5.43. The second-order valence-electron chi connectivity index (χ2n) is 7.25. The lowest BCUT2D eigenvalue weighted by molar-refractivity contribution is 0.619. The molecule has 9 heteroatoms. The molecule has 8 nitrogen and oxygen atoms in total. The van der Waals surface area contributed by atoms with Crippen LogP contribution in [-0.2, 0) is 6.42 Å². The summed E-state index contributed by atoms with van der Waals surface area (Å²) in [4.78, 5) is 29.0. The molecule has 4 aromatic heterocycles. The molecule has 0 spiro atoms. The van der Waals surface area contributed by atoms with E-state index in [4.69, 9.17) is 0 Å². The van der Waals surface area contributed by atoms with E-state index in [9.17, 15) is 9.18 Å². The number of imidazole rings is 2. The molecule has 0 bridgehead atoms. The molecule has 5 heterocycles. The maximum atomic E-state index is 13.8. The topological polar surface area (TPSA) is 92.9 Å². The van der Waals surface area contributed by atoms with E-state index in [0.717, 1.165) is 36.3 Å². The van der Waals surface area contributed by atoms with Crippen molar-refractivity contribution in [2.45, 2.75) is 12.8 Å². The van der Waals surface area contributed by atoms with Crippen LogP contribution in [0.15, 0.2) is 53.7 Å². The Labute approximate surface area is 169 Å². The van der Waals surface area contributed by atoms with Gasteiger partial charge < -0.3 is 10.3 Å². The van der Waals surface area contributed by atoms with Crippen molar-refractivity contribution in [3.05, 3.63) is 70.8 Å². The van der Waals surface area contributed by atoms with Gasteiger partial charge in [0.25, 0.3) is 0 Å². The maximum absolute atomic E-state index is 13.8. The summed E-state index contributed by atoms with van der Waals surface area (Å²) < 4.78 is 16.9.